The molecule has 0 spiro atoms. The number of carbonyl (C=O) groups is 2. The number of hydrogen-bond acceptors (Lipinski definition) is 6. The highest BCUT2D eigenvalue weighted by molar-refractivity contribution is 14.0. The Balaban J connectivity index is 0.00000300. The maximum absolute atomic E-state index is 11.6. The molecule has 3 amide bonds. The summed E-state index contributed by atoms with van der Waals surface area (Å²) in [5.41, 5.74) is 0. The lowest BCUT2D eigenvalue weighted by Crippen LogP contribution is -2.47. The first kappa shape index (κ1) is 23.8. The molecule has 2 aliphatic rings. The molecule has 9 nitrogen and oxygen atoms in total. The topological polar surface area (TPSA) is 98.3 Å². The van der Waals surface area contributed by atoms with Gasteiger partial charge in [0.1, 0.15) is 0 Å². The minimum absolute atomic E-state index is 0. The molecule has 11 heteroatoms. The van der Waals surface area contributed by atoms with Gasteiger partial charge in [0, 0.05) is 49.5 Å². The second-order valence-corrected chi connectivity index (χ2v) is 8.02. The molecule has 3 rings (SSSR count). The summed E-state index contributed by atoms with van der Waals surface area (Å²) in [5, 5.41) is 9.08. The minimum Gasteiger partial charge on any atom is -0.379 e. The van der Waals surface area contributed by atoms with Crippen LogP contribution in [0.3, 0.4) is 0 Å². The summed E-state index contributed by atoms with van der Waals surface area (Å²) >= 11 is 1.81. The Morgan fingerprint density at radius 2 is 2.07 bits per heavy atom. The third-order valence-electron chi connectivity index (χ3n) is 4.83. The molecule has 29 heavy (non-hydrogen) atoms. The van der Waals surface area contributed by atoms with E-state index in [0.717, 1.165) is 26.3 Å². The molecule has 2 fully saturated rings. The number of guanidine groups is 1. The Labute approximate surface area is 192 Å². The van der Waals surface area contributed by atoms with Crippen molar-refractivity contribution in [2.75, 3.05) is 59.5 Å². The number of aryl methyl sites for hydroxylation is 1. The Morgan fingerprint density at radius 3 is 2.66 bits per heavy atom. The molecule has 2 saturated heterocycles. The number of aliphatic imine (C=N–C) groups is 1. The highest BCUT2D eigenvalue weighted by Crippen LogP contribution is 2.27. The van der Waals surface area contributed by atoms with E-state index in [-0.39, 0.29) is 48.5 Å². The van der Waals surface area contributed by atoms with Gasteiger partial charge in [-0.1, -0.05) is 0 Å². The monoisotopic (exact) mass is 536 g/mol. The number of ether oxygens (including phenoxy) is 1. The average Bonchev–Trinajstić information content (AvgIpc) is 3.27. The summed E-state index contributed by atoms with van der Waals surface area (Å²) in [4.78, 5) is 33.7. The lowest BCUT2D eigenvalue weighted by Gasteiger charge is -2.34. The van der Waals surface area contributed by atoms with E-state index in [1.165, 1.54) is 14.7 Å². The summed E-state index contributed by atoms with van der Waals surface area (Å²) in [6, 6.07) is 4.25. The van der Waals surface area contributed by atoms with Gasteiger partial charge in [-0.25, -0.2) is 4.79 Å². The SMILES string of the molecule is CN=C(NCCN1C(=O)CNC1=O)NCC(c1ccc(C)s1)N1CCOCC1.I. The van der Waals surface area contributed by atoms with Gasteiger partial charge in [0.2, 0.25) is 5.91 Å². The van der Waals surface area contributed by atoms with Crippen molar-refractivity contribution >= 4 is 53.2 Å². The molecule has 0 aliphatic carbocycles. The lowest BCUT2D eigenvalue weighted by atomic mass is 10.2. The maximum Gasteiger partial charge on any atom is 0.324 e. The number of morpholine rings is 1. The minimum atomic E-state index is -0.338. The highest BCUT2D eigenvalue weighted by atomic mass is 127. The number of amides is 3. The Hall–Kier alpha value is -1.44. The molecule has 3 heterocycles. The number of thiophene rings is 1. The van der Waals surface area contributed by atoms with Crippen molar-refractivity contribution in [3.8, 4) is 0 Å². The van der Waals surface area contributed by atoms with E-state index in [0.29, 0.717) is 25.6 Å². The van der Waals surface area contributed by atoms with Crippen molar-refractivity contribution in [2.24, 2.45) is 4.99 Å². The lowest BCUT2D eigenvalue weighted by molar-refractivity contribution is -0.124. The highest BCUT2D eigenvalue weighted by Gasteiger charge is 2.28. The predicted octanol–water partition coefficient (Wildman–Crippen LogP) is 0.765. The smallest absolute Gasteiger partial charge is 0.324 e. The first-order valence-corrected chi connectivity index (χ1v) is 10.3. The van der Waals surface area contributed by atoms with Gasteiger partial charge in [0.25, 0.3) is 0 Å². The van der Waals surface area contributed by atoms with Crippen LogP contribution < -0.4 is 16.0 Å². The number of urea groups is 1. The van der Waals surface area contributed by atoms with Crippen LogP contribution in [0, 0.1) is 6.92 Å². The van der Waals surface area contributed by atoms with Gasteiger partial charge in [-0.3, -0.25) is 19.6 Å². The Bertz CT molecular complexity index is 706. The molecule has 0 aromatic carbocycles. The second-order valence-electron chi connectivity index (χ2n) is 6.70. The number of hydrogen-bond donors (Lipinski definition) is 3. The molecule has 3 N–H and O–H groups in total. The number of imide groups is 1. The average molecular weight is 536 g/mol. The van der Waals surface area contributed by atoms with Gasteiger partial charge < -0.3 is 20.7 Å². The second kappa shape index (κ2) is 11.7. The molecule has 0 radical (unpaired) electrons. The van der Waals surface area contributed by atoms with E-state index in [2.05, 4.69) is 44.9 Å². The molecule has 1 aromatic rings. The molecular weight excluding hydrogens is 507 g/mol. The standard InChI is InChI=1S/C18H28N6O3S.HI/c1-13-3-4-15(28-13)14(23-7-9-27-10-8-23)11-21-17(19-2)20-5-6-24-16(25)12-22-18(24)26;/h3-4,14H,5-12H2,1-2H3,(H,22,26)(H2,19,20,21);1H. The normalized spacial score (nSPS) is 19.0. The van der Waals surface area contributed by atoms with Crippen molar-refractivity contribution in [3.63, 3.8) is 0 Å². The fourth-order valence-corrected chi connectivity index (χ4v) is 4.33. The van der Waals surface area contributed by atoms with Crippen molar-refractivity contribution in [1.29, 1.82) is 0 Å². The largest absolute Gasteiger partial charge is 0.379 e. The zero-order valence-electron chi connectivity index (χ0n) is 16.8. The van der Waals surface area contributed by atoms with Crippen LogP contribution in [0.2, 0.25) is 0 Å². The summed E-state index contributed by atoms with van der Waals surface area (Å²) in [6.45, 7) is 6.97. The van der Waals surface area contributed by atoms with Crippen LogP contribution >= 0.6 is 35.3 Å². The molecular formula is C18H29IN6O3S. The van der Waals surface area contributed by atoms with Gasteiger partial charge in [-0.15, -0.1) is 35.3 Å². The van der Waals surface area contributed by atoms with Crippen LogP contribution in [0.4, 0.5) is 4.79 Å². The van der Waals surface area contributed by atoms with Gasteiger partial charge in [0.05, 0.1) is 25.8 Å². The van der Waals surface area contributed by atoms with Crippen molar-refractivity contribution < 1.29 is 14.3 Å². The molecule has 0 saturated carbocycles. The number of nitrogens with zero attached hydrogens (tertiary/aromatic N) is 3. The fourth-order valence-electron chi connectivity index (χ4n) is 3.31. The van der Waals surface area contributed by atoms with Crippen LogP contribution in [0.1, 0.15) is 15.8 Å². The number of halogens is 1. The zero-order chi connectivity index (χ0) is 19.9. The predicted molar refractivity (Wildman–Crippen MR) is 124 cm³/mol. The van der Waals surface area contributed by atoms with Crippen LogP contribution in [0.5, 0.6) is 0 Å². The van der Waals surface area contributed by atoms with E-state index in [9.17, 15) is 9.59 Å². The molecule has 1 unspecified atom stereocenters. The summed E-state index contributed by atoms with van der Waals surface area (Å²) in [7, 11) is 1.71. The molecule has 1 aromatic heterocycles. The van der Waals surface area contributed by atoms with E-state index in [4.69, 9.17) is 4.74 Å². The number of rotatable bonds is 7. The quantitative estimate of drug-likeness (QED) is 0.206. The number of nitrogens with one attached hydrogen (secondary N) is 3. The summed E-state index contributed by atoms with van der Waals surface area (Å²) in [6.07, 6.45) is 0. The zero-order valence-corrected chi connectivity index (χ0v) is 19.9. The van der Waals surface area contributed by atoms with E-state index >= 15 is 0 Å². The first-order valence-electron chi connectivity index (χ1n) is 9.49. The third kappa shape index (κ3) is 6.52. The molecule has 1 atom stereocenters. The van der Waals surface area contributed by atoms with Crippen LogP contribution in [0.25, 0.3) is 0 Å². The summed E-state index contributed by atoms with van der Waals surface area (Å²) in [5.74, 6) is 0.453. The molecule has 0 bridgehead atoms. The fraction of sp³-hybridized carbons (Fsp3) is 0.611. The van der Waals surface area contributed by atoms with Gasteiger partial charge in [0.15, 0.2) is 5.96 Å². The van der Waals surface area contributed by atoms with E-state index in [1.807, 2.05) is 11.3 Å². The van der Waals surface area contributed by atoms with Gasteiger partial charge >= 0.3 is 6.03 Å². The molecule has 162 valence electrons. The van der Waals surface area contributed by atoms with Crippen molar-refractivity contribution in [1.82, 2.24) is 25.8 Å². The number of carbonyl (C=O) groups excluding carboxylic acids is 2. The van der Waals surface area contributed by atoms with E-state index < -0.39 is 0 Å². The van der Waals surface area contributed by atoms with Crippen LogP contribution in [-0.4, -0.2) is 87.2 Å². The van der Waals surface area contributed by atoms with Gasteiger partial charge in [-0.05, 0) is 19.1 Å². The maximum atomic E-state index is 11.6. The van der Waals surface area contributed by atoms with E-state index in [1.54, 1.807) is 7.05 Å². The third-order valence-corrected chi connectivity index (χ3v) is 5.93. The van der Waals surface area contributed by atoms with Crippen LogP contribution in [0.15, 0.2) is 17.1 Å². The molecule has 2 aliphatic heterocycles. The summed E-state index contributed by atoms with van der Waals surface area (Å²) < 4.78 is 5.50. The Morgan fingerprint density at radius 1 is 1.31 bits per heavy atom. The van der Waals surface area contributed by atoms with Crippen LogP contribution in [-0.2, 0) is 9.53 Å². The first-order chi connectivity index (χ1) is 13.6. The van der Waals surface area contributed by atoms with Crippen molar-refractivity contribution in [2.45, 2.75) is 13.0 Å². The Kier molecular flexibility index (Phi) is 9.59. The van der Waals surface area contributed by atoms with Crippen molar-refractivity contribution in [3.05, 3.63) is 21.9 Å². The van der Waals surface area contributed by atoms with Gasteiger partial charge in [-0.2, -0.15) is 0 Å².